The first-order chi connectivity index (χ1) is 27.1. The van der Waals surface area contributed by atoms with E-state index >= 15 is 0 Å². The summed E-state index contributed by atoms with van der Waals surface area (Å²) >= 11 is 0. The predicted molar refractivity (Wildman–Crippen MR) is 222 cm³/mol. The second-order valence-electron chi connectivity index (χ2n) is 13.9. The minimum absolute atomic E-state index is 0.0780. The summed E-state index contributed by atoms with van der Waals surface area (Å²) in [6.07, 6.45) is 32.5. The quantitative estimate of drug-likeness (QED) is 0.0131. The molecule has 14 nitrogen and oxygen atoms in total. The number of phosphoric ester groups is 2. The lowest BCUT2D eigenvalue weighted by atomic mass is 10.0. The fourth-order valence-corrected chi connectivity index (χ4v) is 5.97. The molecule has 0 aliphatic carbocycles. The number of unbranched alkanes of at least 4 members (excludes halogenated alkanes) is 6. The van der Waals surface area contributed by atoms with Gasteiger partial charge in [0.2, 0.25) is 0 Å². The molecule has 0 saturated heterocycles. The van der Waals surface area contributed by atoms with Gasteiger partial charge in [0.25, 0.3) is 0 Å². The van der Waals surface area contributed by atoms with E-state index in [4.69, 9.17) is 23.8 Å². The molecule has 57 heavy (non-hydrogen) atoms. The molecule has 0 amide bonds. The number of hydrogen-bond donors (Lipinski definition) is 5. The summed E-state index contributed by atoms with van der Waals surface area (Å²) in [6.45, 7) is 3.64. The molecular formula is C41H70O14P2. The Bertz CT molecular complexity index is 1320. The van der Waals surface area contributed by atoms with Crippen molar-refractivity contribution in [3.05, 3.63) is 72.9 Å². The van der Waals surface area contributed by atoms with E-state index in [1.165, 1.54) is 19.3 Å². The zero-order chi connectivity index (χ0) is 42.6. The van der Waals surface area contributed by atoms with Gasteiger partial charge in [-0.25, -0.2) is 9.13 Å². The van der Waals surface area contributed by atoms with Crippen molar-refractivity contribution < 1.29 is 66.7 Å². The summed E-state index contributed by atoms with van der Waals surface area (Å²) in [7, 11) is -9.73. The predicted octanol–water partition coefficient (Wildman–Crippen LogP) is 8.66. The molecule has 0 heterocycles. The summed E-state index contributed by atoms with van der Waals surface area (Å²) in [6, 6.07) is 0. The first kappa shape index (κ1) is 54.5. The normalized spacial score (nSPS) is 15.5. The third-order valence-electron chi connectivity index (χ3n) is 7.87. The molecule has 5 N–H and O–H groups in total. The molecule has 328 valence electrons. The molecular weight excluding hydrogens is 778 g/mol. The van der Waals surface area contributed by atoms with E-state index in [9.17, 15) is 33.8 Å². The van der Waals surface area contributed by atoms with E-state index in [1.54, 1.807) is 24.3 Å². The smallest absolute Gasteiger partial charge is 0.462 e. The van der Waals surface area contributed by atoms with E-state index < -0.39 is 72.3 Å². The maximum Gasteiger partial charge on any atom is 0.472 e. The van der Waals surface area contributed by atoms with Crippen LogP contribution in [0.25, 0.3) is 0 Å². The van der Waals surface area contributed by atoms with Crippen LogP contribution in [-0.4, -0.2) is 81.6 Å². The third-order valence-corrected chi connectivity index (χ3v) is 9.31. The maximum absolute atomic E-state index is 12.6. The number of rotatable bonds is 36. The molecule has 0 saturated carbocycles. The number of carbonyl (C=O) groups excluding carboxylic acids is 2. The standard InChI is InChI=1S/C41H70O14P2/c1-4-5-6-7-8-9-10-11-12-13-16-19-23-28-37(42)29-24-21-26-31-41(45)55-39(35-54-57(49,50)53-33-38(43)32-52-56(46,47)48)34-51-40(44)30-25-20-17-14-15-18-22-27-36(2)3/h5-6,8-9,11-12,16,19,21,23-24,28,36-39,42-43H,4,7,10,13-15,17-18,20,22,25-27,29-35H2,1-3H3,(H,49,50)(H2,46,47,48)/b6-5-,9-8-,12-11-,19-16-,24-21-,28-23-/t37?,38-,39+/m0/s1. The molecule has 0 aliphatic heterocycles. The second kappa shape index (κ2) is 35.5. The molecule has 0 spiro atoms. The van der Waals surface area contributed by atoms with Gasteiger partial charge in [0.15, 0.2) is 6.10 Å². The minimum atomic E-state index is -4.88. The number of carbonyl (C=O) groups is 2. The molecule has 0 aliphatic rings. The van der Waals surface area contributed by atoms with E-state index in [-0.39, 0.29) is 19.3 Å². The van der Waals surface area contributed by atoms with E-state index in [2.05, 4.69) is 66.3 Å². The van der Waals surface area contributed by atoms with Gasteiger partial charge in [-0.2, -0.15) is 0 Å². The molecule has 0 aromatic rings. The Balaban J connectivity index is 4.79. The Morgan fingerprint density at radius 1 is 0.632 bits per heavy atom. The summed E-state index contributed by atoms with van der Waals surface area (Å²) in [5.74, 6) is -0.515. The number of aliphatic hydroxyl groups is 2. The highest BCUT2D eigenvalue weighted by molar-refractivity contribution is 7.47. The van der Waals surface area contributed by atoms with Crippen LogP contribution >= 0.6 is 15.6 Å². The molecule has 4 atom stereocenters. The van der Waals surface area contributed by atoms with Crippen molar-refractivity contribution in [3.8, 4) is 0 Å². The number of phosphoric acid groups is 2. The molecule has 0 radical (unpaired) electrons. The molecule has 0 fully saturated rings. The lowest BCUT2D eigenvalue weighted by Crippen LogP contribution is -2.29. The Kier molecular flexibility index (Phi) is 33.9. The number of esters is 2. The Morgan fingerprint density at radius 2 is 1.21 bits per heavy atom. The van der Waals surface area contributed by atoms with Crippen molar-refractivity contribution in [2.75, 3.05) is 26.4 Å². The van der Waals surface area contributed by atoms with Crippen molar-refractivity contribution in [2.45, 2.75) is 142 Å². The fraction of sp³-hybridized carbons (Fsp3) is 0.659. The SMILES string of the molecule is CC/C=C\C/C=C\C/C=C\C/C=C\C=C/C(O)C/C=C\CCC(=O)O[C@H](COC(=O)CCCCCCCCCC(C)C)COP(=O)(O)OC[C@@H](O)COP(=O)(O)O. The van der Waals surface area contributed by atoms with Gasteiger partial charge in [0, 0.05) is 12.8 Å². The lowest BCUT2D eigenvalue weighted by molar-refractivity contribution is -0.161. The maximum atomic E-state index is 12.6. The van der Waals surface area contributed by atoms with Crippen LogP contribution in [0.3, 0.4) is 0 Å². The van der Waals surface area contributed by atoms with Crippen LogP contribution in [0.1, 0.15) is 124 Å². The molecule has 0 aromatic heterocycles. The monoisotopic (exact) mass is 848 g/mol. The van der Waals surface area contributed by atoms with Crippen molar-refractivity contribution in [3.63, 3.8) is 0 Å². The minimum Gasteiger partial charge on any atom is -0.462 e. The first-order valence-electron chi connectivity index (χ1n) is 20.1. The lowest BCUT2D eigenvalue weighted by Gasteiger charge is -2.20. The van der Waals surface area contributed by atoms with Gasteiger partial charge in [0.1, 0.15) is 12.7 Å². The molecule has 16 heteroatoms. The molecule has 0 bridgehead atoms. The van der Waals surface area contributed by atoms with Crippen LogP contribution in [-0.2, 0) is 41.8 Å². The van der Waals surface area contributed by atoms with Crippen LogP contribution in [0, 0.1) is 5.92 Å². The summed E-state index contributed by atoms with van der Waals surface area (Å²) in [5, 5.41) is 19.9. The van der Waals surface area contributed by atoms with E-state index in [1.807, 2.05) is 12.2 Å². The van der Waals surface area contributed by atoms with Crippen molar-refractivity contribution in [2.24, 2.45) is 5.92 Å². The Morgan fingerprint density at radius 3 is 1.84 bits per heavy atom. The first-order valence-corrected chi connectivity index (χ1v) is 23.1. The largest absolute Gasteiger partial charge is 0.472 e. The average Bonchev–Trinajstić information content (AvgIpc) is 3.14. The van der Waals surface area contributed by atoms with Gasteiger partial charge in [-0.15, -0.1) is 0 Å². The zero-order valence-corrected chi connectivity index (χ0v) is 36.0. The fourth-order valence-electron chi connectivity index (χ4n) is 4.82. The summed E-state index contributed by atoms with van der Waals surface area (Å²) in [5.41, 5.74) is 0. The molecule has 0 aromatic carbocycles. The van der Waals surface area contributed by atoms with Gasteiger partial charge in [0.05, 0.1) is 25.9 Å². The van der Waals surface area contributed by atoms with Gasteiger partial charge < -0.3 is 34.4 Å². The number of ether oxygens (including phenoxy) is 2. The highest BCUT2D eigenvalue weighted by Gasteiger charge is 2.28. The van der Waals surface area contributed by atoms with E-state index in [0.717, 1.165) is 51.4 Å². The van der Waals surface area contributed by atoms with Crippen LogP contribution < -0.4 is 0 Å². The van der Waals surface area contributed by atoms with Gasteiger partial charge in [-0.05, 0) is 50.9 Å². The van der Waals surface area contributed by atoms with E-state index in [0.29, 0.717) is 18.8 Å². The highest BCUT2D eigenvalue weighted by atomic mass is 31.2. The van der Waals surface area contributed by atoms with Crippen molar-refractivity contribution >= 4 is 27.6 Å². The van der Waals surface area contributed by atoms with Gasteiger partial charge in [-0.3, -0.25) is 23.2 Å². The number of allylic oxidation sites excluding steroid dienone is 10. The van der Waals surface area contributed by atoms with Gasteiger partial charge in [-0.1, -0.05) is 139 Å². The Hall–Kier alpha value is -2.48. The summed E-state index contributed by atoms with van der Waals surface area (Å²) < 4.78 is 47.5. The Labute approximate surface area is 340 Å². The summed E-state index contributed by atoms with van der Waals surface area (Å²) in [4.78, 5) is 52.5. The number of aliphatic hydroxyl groups excluding tert-OH is 2. The van der Waals surface area contributed by atoms with Crippen LogP contribution in [0.2, 0.25) is 0 Å². The van der Waals surface area contributed by atoms with Crippen LogP contribution in [0.4, 0.5) is 0 Å². The van der Waals surface area contributed by atoms with Crippen molar-refractivity contribution in [1.29, 1.82) is 0 Å². The van der Waals surface area contributed by atoms with Gasteiger partial charge >= 0.3 is 27.6 Å². The van der Waals surface area contributed by atoms with Crippen molar-refractivity contribution in [1.82, 2.24) is 0 Å². The third kappa shape index (κ3) is 40.1. The topological polar surface area (TPSA) is 216 Å². The molecule has 2 unspecified atom stereocenters. The molecule has 0 rings (SSSR count). The average molecular weight is 849 g/mol. The van der Waals surface area contributed by atoms with Crippen LogP contribution in [0.15, 0.2) is 72.9 Å². The highest BCUT2D eigenvalue weighted by Crippen LogP contribution is 2.43. The zero-order valence-electron chi connectivity index (χ0n) is 34.2. The second-order valence-corrected chi connectivity index (χ2v) is 16.6. The number of hydrogen-bond acceptors (Lipinski definition) is 11. The van der Waals surface area contributed by atoms with Crippen LogP contribution in [0.5, 0.6) is 0 Å².